The van der Waals surface area contributed by atoms with E-state index in [0.29, 0.717) is 0 Å². The fraction of sp³-hybridized carbons (Fsp3) is 0.833. The Morgan fingerprint density at radius 2 is 1.52 bits per heavy atom. The number of halogens is 1. The van der Waals surface area contributed by atoms with Crippen molar-refractivity contribution in [1.29, 1.82) is 0 Å². The van der Waals surface area contributed by atoms with Crippen LogP contribution in [0.5, 0.6) is 0 Å². The molecule has 1 rings (SSSR count). The molecule has 1 aromatic heterocycles. The third-order valence-corrected chi connectivity index (χ3v) is 4.67. The second-order valence-electron chi connectivity index (χ2n) is 6.09. The summed E-state index contributed by atoms with van der Waals surface area (Å²) in [5.74, 6) is 0. The van der Waals surface area contributed by atoms with Gasteiger partial charge in [0.15, 0.2) is 0 Å². The van der Waals surface area contributed by atoms with Crippen molar-refractivity contribution in [2.24, 2.45) is 0 Å². The van der Waals surface area contributed by atoms with Crippen molar-refractivity contribution in [3.63, 3.8) is 0 Å². The van der Waals surface area contributed by atoms with Gasteiger partial charge in [-0.15, -0.1) is 11.6 Å². The molecule has 0 aromatic carbocycles. The van der Waals surface area contributed by atoms with E-state index in [2.05, 4.69) is 25.1 Å². The Kier molecular flexibility index (Phi) is 10.7. The summed E-state index contributed by atoms with van der Waals surface area (Å²) in [6, 6.07) is 0. The quantitative estimate of drug-likeness (QED) is 0.300. The molecule has 0 aliphatic rings. The van der Waals surface area contributed by atoms with Gasteiger partial charge in [0, 0.05) is 18.3 Å². The second kappa shape index (κ2) is 12.1. The Hall–Kier alpha value is -0.500. The van der Waals surface area contributed by atoms with Crippen LogP contribution in [0.15, 0.2) is 12.4 Å². The average molecular weight is 313 g/mol. The number of alkyl halides is 1. The molecule has 2 nitrogen and oxygen atoms in total. The molecule has 122 valence electrons. The second-order valence-corrected chi connectivity index (χ2v) is 6.62. The predicted octanol–water partition coefficient (Wildman–Crippen LogP) is 6.49. The van der Waals surface area contributed by atoms with Crippen LogP contribution >= 0.6 is 11.6 Å². The van der Waals surface area contributed by atoms with Gasteiger partial charge >= 0.3 is 0 Å². The van der Waals surface area contributed by atoms with E-state index in [1.165, 1.54) is 64.2 Å². The monoisotopic (exact) mass is 312 g/mol. The maximum absolute atomic E-state index is 6.21. The van der Waals surface area contributed by atoms with Crippen molar-refractivity contribution in [1.82, 2.24) is 9.78 Å². The van der Waals surface area contributed by atoms with Crippen LogP contribution in [0.1, 0.15) is 95.4 Å². The van der Waals surface area contributed by atoms with Crippen LogP contribution < -0.4 is 0 Å². The van der Waals surface area contributed by atoms with Crippen molar-refractivity contribution in [3.05, 3.63) is 18.0 Å². The van der Waals surface area contributed by atoms with Gasteiger partial charge in [-0.05, 0) is 12.8 Å². The molecule has 0 aliphatic heterocycles. The number of unbranched alkanes of at least 4 members (excludes halogenated alkanes) is 9. The van der Waals surface area contributed by atoms with Crippen molar-refractivity contribution in [3.8, 4) is 0 Å². The van der Waals surface area contributed by atoms with Gasteiger partial charge in [0.2, 0.25) is 0 Å². The lowest BCUT2D eigenvalue weighted by Crippen LogP contribution is -1.98. The summed E-state index contributed by atoms with van der Waals surface area (Å²) in [6.07, 6.45) is 18.8. The molecule has 3 heteroatoms. The van der Waals surface area contributed by atoms with Gasteiger partial charge in [-0.25, -0.2) is 0 Å². The first-order valence-electron chi connectivity index (χ1n) is 8.94. The number of hydrogen-bond donors (Lipinski definition) is 0. The molecule has 1 heterocycles. The van der Waals surface area contributed by atoms with E-state index in [9.17, 15) is 0 Å². The van der Waals surface area contributed by atoms with E-state index in [4.69, 9.17) is 11.6 Å². The highest BCUT2D eigenvalue weighted by molar-refractivity contribution is 6.20. The summed E-state index contributed by atoms with van der Waals surface area (Å²) in [5, 5.41) is 4.51. The van der Waals surface area contributed by atoms with Gasteiger partial charge in [-0.3, -0.25) is 4.68 Å². The highest BCUT2D eigenvalue weighted by Gasteiger charge is 2.07. The van der Waals surface area contributed by atoms with E-state index < -0.39 is 0 Å². The van der Waals surface area contributed by atoms with Crippen LogP contribution in [0.4, 0.5) is 0 Å². The lowest BCUT2D eigenvalue weighted by atomic mass is 10.1. The minimum absolute atomic E-state index is 0.117. The Labute approximate surface area is 136 Å². The molecule has 0 saturated carbocycles. The van der Waals surface area contributed by atoms with Gasteiger partial charge < -0.3 is 0 Å². The molecule has 0 saturated heterocycles. The first kappa shape index (κ1) is 18.5. The molecule has 0 spiro atoms. The van der Waals surface area contributed by atoms with Crippen molar-refractivity contribution in [2.75, 3.05) is 0 Å². The Morgan fingerprint density at radius 1 is 0.952 bits per heavy atom. The SMILES string of the molecule is CCCCCCCCCCCCn1cc(C(Cl)CC)cn1. The lowest BCUT2D eigenvalue weighted by Gasteiger charge is -2.03. The molecule has 0 radical (unpaired) electrons. The maximum atomic E-state index is 6.21. The van der Waals surface area contributed by atoms with E-state index in [-0.39, 0.29) is 5.38 Å². The van der Waals surface area contributed by atoms with E-state index in [0.717, 1.165) is 18.5 Å². The van der Waals surface area contributed by atoms with Crippen molar-refractivity contribution in [2.45, 2.75) is 96.4 Å². The van der Waals surface area contributed by atoms with Crippen LogP contribution in [0.25, 0.3) is 0 Å². The first-order chi connectivity index (χ1) is 10.3. The Balaban J connectivity index is 1.95. The summed E-state index contributed by atoms with van der Waals surface area (Å²) in [6.45, 7) is 5.42. The maximum Gasteiger partial charge on any atom is 0.0613 e. The molecular weight excluding hydrogens is 280 g/mol. The third kappa shape index (κ3) is 8.50. The van der Waals surface area contributed by atoms with Crippen LogP contribution in [0.3, 0.4) is 0 Å². The van der Waals surface area contributed by atoms with Gasteiger partial charge in [0.1, 0.15) is 0 Å². The fourth-order valence-electron chi connectivity index (χ4n) is 2.66. The lowest BCUT2D eigenvalue weighted by molar-refractivity contribution is 0.515. The summed E-state index contributed by atoms with van der Waals surface area (Å²) in [7, 11) is 0. The summed E-state index contributed by atoms with van der Waals surface area (Å²) in [4.78, 5) is 0. The first-order valence-corrected chi connectivity index (χ1v) is 9.38. The molecule has 0 amide bonds. The predicted molar refractivity (Wildman–Crippen MR) is 93.0 cm³/mol. The zero-order valence-corrected chi connectivity index (χ0v) is 14.7. The zero-order valence-electron chi connectivity index (χ0n) is 14.0. The minimum Gasteiger partial charge on any atom is -0.272 e. The molecular formula is C18H33ClN2. The van der Waals surface area contributed by atoms with E-state index in [1.807, 2.05) is 10.9 Å². The summed E-state index contributed by atoms with van der Waals surface area (Å²) in [5.41, 5.74) is 1.16. The normalized spacial score (nSPS) is 12.7. The molecule has 0 fully saturated rings. The average Bonchev–Trinajstić information content (AvgIpc) is 2.97. The smallest absolute Gasteiger partial charge is 0.0613 e. The largest absolute Gasteiger partial charge is 0.272 e. The topological polar surface area (TPSA) is 17.8 Å². The number of aryl methyl sites for hydroxylation is 1. The molecule has 1 unspecified atom stereocenters. The standard InChI is InChI=1S/C18H33ClN2/c1-3-5-6-7-8-9-10-11-12-13-14-21-16-17(15-20-21)18(19)4-2/h15-16,18H,3-14H2,1-2H3. The van der Waals surface area contributed by atoms with E-state index in [1.54, 1.807) is 0 Å². The third-order valence-electron chi connectivity index (χ3n) is 4.11. The van der Waals surface area contributed by atoms with Crippen LogP contribution in [-0.4, -0.2) is 9.78 Å². The molecule has 21 heavy (non-hydrogen) atoms. The van der Waals surface area contributed by atoms with E-state index >= 15 is 0 Å². The van der Waals surface area contributed by atoms with Gasteiger partial charge in [-0.2, -0.15) is 5.10 Å². The van der Waals surface area contributed by atoms with Crippen molar-refractivity contribution < 1.29 is 0 Å². The van der Waals surface area contributed by atoms with Crippen LogP contribution in [0, 0.1) is 0 Å². The van der Waals surface area contributed by atoms with Crippen LogP contribution in [0.2, 0.25) is 0 Å². The minimum atomic E-state index is 0.117. The fourth-order valence-corrected chi connectivity index (χ4v) is 2.77. The zero-order chi connectivity index (χ0) is 15.3. The summed E-state index contributed by atoms with van der Waals surface area (Å²) >= 11 is 6.21. The number of aromatic nitrogens is 2. The number of rotatable bonds is 13. The van der Waals surface area contributed by atoms with Gasteiger partial charge in [0.05, 0.1) is 11.6 Å². The Morgan fingerprint density at radius 3 is 2.10 bits per heavy atom. The van der Waals surface area contributed by atoms with Gasteiger partial charge in [0.25, 0.3) is 0 Å². The molecule has 0 bridgehead atoms. The molecule has 1 atom stereocenters. The molecule has 1 aromatic rings. The molecule has 0 aliphatic carbocycles. The van der Waals surface area contributed by atoms with Crippen molar-refractivity contribution >= 4 is 11.6 Å². The summed E-state index contributed by atoms with van der Waals surface area (Å²) < 4.78 is 2.05. The highest BCUT2D eigenvalue weighted by atomic mass is 35.5. The van der Waals surface area contributed by atoms with Crippen LogP contribution in [-0.2, 0) is 6.54 Å². The number of hydrogen-bond acceptors (Lipinski definition) is 1. The highest BCUT2D eigenvalue weighted by Crippen LogP contribution is 2.22. The van der Waals surface area contributed by atoms with Gasteiger partial charge in [-0.1, -0.05) is 71.6 Å². The molecule has 0 N–H and O–H groups in total. The number of nitrogens with zero attached hydrogens (tertiary/aromatic N) is 2. The Bertz CT molecular complexity index is 349.